The van der Waals surface area contributed by atoms with Gasteiger partial charge in [-0.3, -0.25) is 10.1 Å². The summed E-state index contributed by atoms with van der Waals surface area (Å²) in [4.78, 5) is 12.7. The van der Waals surface area contributed by atoms with E-state index in [4.69, 9.17) is 0 Å². The molecule has 1 aliphatic heterocycles. The number of piperidine rings is 1. The highest BCUT2D eigenvalue weighted by atomic mass is 32.2. The van der Waals surface area contributed by atoms with Crippen molar-refractivity contribution in [3.05, 3.63) is 34.8 Å². The van der Waals surface area contributed by atoms with Crippen LogP contribution < -0.4 is 5.32 Å². The van der Waals surface area contributed by atoms with Crippen LogP contribution in [-0.2, 0) is 10.0 Å². The molecule has 1 aromatic heterocycles. The van der Waals surface area contributed by atoms with E-state index < -0.39 is 15.9 Å². The van der Waals surface area contributed by atoms with Crippen molar-refractivity contribution in [3.8, 4) is 0 Å². The number of carbonyl (C=O) groups excluding carboxylic acids is 1. The predicted octanol–water partition coefficient (Wildman–Crippen LogP) is 3.09. The summed E-state index contributed by atoms with van der Waals surface area (Å²) in [7, 11) is -3.70. The molecule has 0 saturated carbocycles. The lowest BCUT2D eigenvalue weighted by Crippen LogP contribution is -2.36. The number of aromatic nitrogens is 2. The predicted molar refractivity (Wildman–Crippen MR) is 101 cm³/mol. The van der Waals surface area contributed by atoms with Crippen molar-refractivity contribution < 1.29 is 13.2 Å². The van der Waals surface area contributed by atoms with Crippen LogP contribution in [0.2, 0.25) is 0 Å². The quantitative estimate of drug-likeness (QED) is 0.841. The molecule has 9 heteroatoms. The van der Waals surface area contributed by atoms with E-state index in [1.807, 2.05) is 13.8 Å². The molecule has 0 radical (unpaired) electrons. The minimum Gasteiger partial charge on any atom is -0.296 e. The molecule has 1 fully saturated rings. The molecule has 0 unspecified atom stereocenters. The number of benzene rings is 1. The summed E-state index contributed by atoms with van der Waals surface area (Å²) < 4.78 is 27.4. The zero-order chi connectivity index (χ0) is 18.7. The number of rotatable bonds is 5. The lowest BCUT2D eigenvalue weighted by molar-refractivity contribution is 0.102. The van der Waals surface area contributed by atoms with Crippen LogP contribution in [0.3, 0.4) is 0 Å². The minimum absolute atomic E-state index is 0.0352. The summed E-state index contributed by atoms with van der Waals surface area (Å²) in [6.45, 7) is 4.97. The molecule has 7 nitrogen and oxygen atoms in total. The molecule has 1 aliphatic rings. The molecular weight excluding hydrogens is 372 g/mol. The van der Waals surface area contributed by atoms with Gasteiger partial charge in [0.05, 0.1) is 10.5 Å². The minimum atomic E-state index is -3.70. The van der Waals surface area contributed by atoms with Gasteiger partial charge in [0, 0.05) is 19.0 Å². The van der Waals surface area contributed by atoms with Gasteiger partial charge in [-0.25, -0.2) is 8.42 Å². The summed E-state index contributed by atoms with van der Waals surface area (Å²) in [5.74, 6) is -0.280. The number of hydrogen-bond acceptors (Lipinski definition) is 6. The maximum absolute atomic E-state index is 13.0. The van der Waals surface area contributed by atoms with Gasteiger partial charge in [0.1, 0.15) is 5.01 Å². The fourth-order valence-corrected chi connectivity index (χ4v) is 5.25. The van der Waals surface area contributed by atoms with E-state index in [1.54, 1.807) is 12.1 Å². The Kier molecular flexibility index (Phi) is 5.69. The first-order valence-electron chi connectivity index (χ1n) is 8.63. The molecule has 0 spiro atoms. The molecule has 1 N–H and O–H groups in total. The Morgan fingerprint density at radius 3 is 2.50 bits per heavy atom. The normalized spacial score (nSPS) is 16.0. The van der Waals surface area contributed by atoms with Crippen molar-refractivity contribution in [2.75, 3.05) is 18.4 Å². The first kappa shape index (κ1) is 18.9. The Bertz CT molecular complexity index is 887. The summed E-state index contributed by atoms with van der Waals surface area (Å²) in [5.41, 5.74) is 0.124. The SMILES string of the molecule is CC(C)c1nnc(NC(=O)c2ccccc2S(=O)(=O)N2CCCCC2)s1. The van der Waals surface area contributed by atoms with Gasteiger partial charge < -0.3 is 0 Å². The third-order valence-electron chi connectivity index (χ3n) is 4.22. The van der Waals surface area contributed by atoms with Gasteiger partial charge in [-0.2, -0.15) is 4.31 Å². The van der Waals surface area contributed by atoms with Crippen molar-refractivity contribution in [3.63, 3.8) is 0 Å². The molecule has 3 rings (SSSR count). The summed E-state index contributed by atoms with van der Waals surface area (Å²) in [5, 5.41) is 11.8. The average Bonchev–Trinajstić information content (AvgIpc) is 3.11. The summed E-state index contributed by atoms with van der Waals surface area (Å²) >= 11 is 1.29. The number of anilines is 1. The van der Waals surface area contributed by atoms with Gasteiger partial charge in [-0.05, 0) is 25.0 Å². The van der Waals surface area contributed by atoms with Gasteiger partial charge in [0.25, 0.3) is 5.91 Å². The third-order valence-corrected chi connectivity index (χ3v) is 7.32. The molecule has 0 bridgehead atoms. The van der Waals surface area contributed by atoms with Crippen molar-refractivity contribution in [2.24, 2.45) is 0 Å². The van der Waals surface area contributed by atoms with Crippen LogP contribution in [0.4, 0.5) is 5.13 Å². The summed E-state index contributed by atoms with van der Waals surface area (Å²) in [6.07, 6.45) is 2.72. The van der Waals surface area contributed by atoms with Crippen molar-refractivity contribution in [1.82, 2.24) is 14.5 Å². The number of sulfonamides is 1. The molecule has 1 aromatic carbocycles. The highest BCUT2D eigenvalue weighted by molar-refractivity contribution is 7.89. The second-order valence-electron chi connectivity index (χ2n) is 6.52. The molecular formula is C17H22N4O3S2. The Balaban J connectivity index is 1.87. The average molecular weight is 395 g/mol. The highest BCUT2D eigenvalue weighted by Crippen LogP contribution is 2.26. The lowest BCUT2D eigenvalue weighted by atomic mass is 10.2. The zero-order valence-corrected chi connectivity index (χ0v) is 16.4. The van der Waals surface area contributed by atoms with Crippen molar-refractivity contribution >= 4 is 32.4 Å². The lowest BCUT2D eigenvalue weighted by Gasteiger charge is -2.26. The maximum Gasteiger partial charge on any atom is 0.258 e. The van der Waals surface area contributed by atoms with Crippen molar-refractivity contribution in [2.45, 2.75) is 43.9 Å². The van der Waals surface area contributed by atoms with E-state index in [0.29, 0.717) is 18.2 Å². The number of nitrogens with zero attached hydrogens (tertiary/aromatic N) is 3. The largest absolute Gasteiger partial charge is 0.296 e. The van der Waals surface area contributed by atoms with Crippen LogP contribution in [0.15, 0.2) is 29.2 Å². The molecule has 26 heavy (non-hydrogen) atoms. The molecule has 0 aliphatic carbocycles. The second-order valence-corrected chi connectivity index (χ2v) is 9.43. The fraction of sp³-hybridized carbons (Fsp3) is 0.471. The Morgan fingerprint density at radius 1 is 1.15 bits per heavy atom. The van der Waals surface area contributed by atoms with Crippen LogP contribution in [0.25, 0.3) is 0 Å². The van der Waals surface area contributed by atoms with Gasteiger partial charge >= 0.3 is 0 Å². The first-order chi connectivity index (χ1) is 12.4. The van der Waals surface area contributed by atoms with Crippen molar-refractivity contribution in [1.29, 1.82) is 0 Å². The number of amides is 1. The molecule has 0 atom stereocenters. The molecule has 1 amide bonds. The Morgan fingerprint density at radius 2 is 1.85 bits per heavy atom. The zero-order valence-electron chi connectivity index (χ0n) is 14.8. The number of nitrogens with one attached hydrogen (secondary N) is 1. The van der Waals surface area contributed by atoms with E-state index in [9.17, 15) is 13.2 Å². The molecule has 2 aromatic rings. The van der Waals surface area contributed by atoms with Gasteiger partial charge in [-0.1, -0.05) is 43.7 Å². The van der Waals surface area contributed by atoms with Crippen LogP contribution in [-0.4, -0.2) is 41.9 Å². The molecule has 140 valence electrons. The second kappa shape index (κ2) is 7.81. The van der Waals surface area contributed by atoms with Crippen LogP contribution in [0.5, 0.6) is 0 Å². The van der Waals surface area contributed by atoms with Gasteiger partial charge in [0.15, 0.2) is 0 Å². The molecule has 2 heterocycles. The first-order valence-corrected chi connectivity index (χ1v) is 10.9. The van der Waals surface area contributed by atoms with Gasteiger partial charge in [0.2, 0.25) is 15.2 Å². The maximum atomic E-state index is 13.0. The van der Waals surface area contributed by atoms with E-state index >= 15 is 0 Å². The number of carbonyl (C=O) groups is 1. The smallest absolute Gasteiger partial charge is 0.258 e. The number of hydrogen-bond donors (Lipinski definition) is 1. The fourth-order valence-electron chi connectivity index (χ4n) is 2.81. The van der Waals surface area contributed by atoms with E-state index in [1.165, 1.54) is 27.8 Å². The third kappa shape index (κ3) is 3.94. The van der Waals surface area contributed by atoms with E-state index in [-0.39, 0.29) is 16.4 Å². The van der Waals surface area contributed by atoms with Crippen LogP contribution >= 0.6 is 11.3 Å². The summed E-state index contributed by atoms with van der Waals surface area (Å²) in [6, 6.07) is 6.30. The van der Waals surface area contributed by atoms with Crippen LogP contribution in [0.1, 0.15) is 54.4 Å². The van der Waals surface area contributed by atoms with Crippen LogP contribution in [0, 0.1) is 0 Å². The van der Waals surface area contributed by atoms with E-state index in [2.05, 4.69) is 15.5 Å². The molecule has 1 saturated heterocycles. The Labute approximate surface area is 157 Å². The topological polar surface area (TPSA) is 92.3 Å². The standard InChI is InChI=1S/C17H22N4O3S2/c1-12(2)16-19-20-17(25-16)18-15(22)13-8-4-5-9-14(13)26(23,24)21-10-6-3-7-11-21/h4-5,8-9,12H,3,6-7,10-11H2,1-2H3,(H,18,20,22). The Hall–Kier alpha value is -1.84. The van der Waals surface area contributed by atoms with Gasteiger partial charge in [-0.15, -0.1) is 10.2 Å². The van der Waals surface area contributed by atoms with E-state index in [0.717, 1.165) is 24.3 Å². The highest BCUT2D eigenvalue weighted by Gasteiger charge is 2.30. The monoisotopic (exact) mass is 394 g/mol.